The van der Waals surface area contributed by atoms with E-state index in [1.54, 1.807) is 36.4 Å². The van der Waals surface area contributed by atoms with Gasteiger partial charge in [-0.3, -0.25) is 4.79 Å². The monoisotopic (exact) mass is 331 g/mol. The molecular weight excluding hydrogens is 318 g/mol. The summed E-state index contributed by atoms with van der Waals surface area (Å²) in [6.07, 6.45) is 1.66. The van der Waals surface area contributed by atoms with Crippen molar-refractivity contribution in [3.8, 4) is 11.3 Å². The number of anilines is 1. The lowest BCUT2D eigenvalue weighted by Crippen LogP contribution is -2.03. The van der Waals surface area contributed by atoms with Crippen LogP contribution < -0.4 is 5.32 Å². The average molecular weight is 331 g/mol. The minimum absolute atomic E-state index is 0.167. The third-order valence-electron chi connectivity index (χ3n) is 4.05. The number of hydrogen-bond acceptors (Lipinski definition) is 3. The fourth-order valence-corrected chi connectivity index (χ4v) is 2.88. The number of carbonyl (C=O) groups is 2. The van der Waals surface area contributed by atoms with Crippen molar-refractivity contribution in [2.24, 2.45) is 0 Å². The SMILES string of the molecule is O=C1Nc2ccccc2/C1=C\c1ccc(-c2ccccc2C(=O)O)o1. The van der Waals surface area contributed by atoms with E-state index < -0.39 is 5.97 Å². The van der Waals surface area contributed by atoms with Gasteiger partial charge >= 0.3 is 5.97 Å². The van der Waals surface area contributed by atoms with E-state index in [1.165, 1.54) is 6.07 Å². The quantitative estimate of drug-likeness (QED) is 0.707. The van der Waals surface area contributed by atoms with Crippen molar-refractivity contribution < 1.29 is 19.1 Å². The number of benzene rings is 2. The average Bonchev–Trinajstić information content (AvgIpc) is 3.20. The van der Waals surface area contributed by atoms with Gasteiger partial charge in [-0.25, -0.2) is 4.79 Å². The molecule has 0 radical (unpaired) electrons. The number of carbonyl (C=O) groups excluding carboxylic acids is 1. The molecule has 0 fully saturated rings. The van der Waals surface area contributed by atoms with Gasteiger partial charge in [-0.1, -0.05) is 36.4 Å². The second-order valence-electron chi connectivity index (χ2n) is 5.61. The van der Waals surface area contributed by atoms with Crippen molar-refractivity contribution in [2.75, 3.05) is 5.32 Å². The molecule has 0 aliphatic carbocycles. The fraction of sp³-hybridized carbons (Fsp3) is 0. The first-order chi connectivity index (χ1) is 12.1. The molecule has 2 heterocycles. The summed E-state index contributed by atoms with van der Waals surface area (Å²) < 4.78 is 5.77. The van der Waals surface area contributed by atoms with Crippen LogP contribution in [0.25, 0.3) is 23.0 Å². The second kappa shape index (κ2) is 5.79. The Morgan fingerprint density at radius 3 is 2.48 bits per heavy atom. The highest BCUT2D eigenvalue weighted by Crippen LogP contribution is 2.34. The Balaban J connectivity index is 1.74. The third kappa shape index (κ3) is 2.61. The number of carboxylic acid groups (broad SMARTS) is 1. The molecule has 1 amide bonds. The summed E-state index contributed by atoms with van der Waals surface area (Å²) >= 11 is 0. The number of furan rings is 1. The summed E-state index contributed by atoms with van der Waals surface area (Å²) in [6, 6.07) is 17.5. The van der Waals surface area contributed by atoms with Crippen molar-refractivity contribution in [2.45, 2.75) is 0 Å². The fourth-order valence-electron chi connectivity index (χ4n) is 2.88. The Kier molecular flexibility index (Phi) is 3.47. The molecule has 0 saturated carbocycles. The van der Waals surface area contributed by atoms with Crippen molar-refractivity contribution in [3.63, 3.8) is 0 Å². The number of fused-ring (bicyclic) bond motifs is 1. The maximum absolute atomic E-state index is 12.2. The molecule has 3 aromatic rings. The summed E-state index contributed by atoms with van der Waals surface area (Å²) in [4.78, 5) is 23.5. The second-order valence-corrected chi connectivity index (χ2v) is 5.61. The van der Waals surface area contributed by atoms with E-state index in [-0.39, 0.29) is 11.5 Å². The molecule has 0 saturated heterocycles. The van der Waals surface area contributed by atoms with Gasteiger partial charge in [0.2, 0.25) is 0 Å². The van der Waals surface area contributed by atoms with Crippen LogP contribution in [-0.4, -0.2) is 17.0 Å². The van der Waals surface area contributed by atoms with E-state index >= 15 is 0 Å². The van der Waals surface area contributed by atoms with Crippen LogP contribution in [0.3, 0.4) is 0 Å². The molecule has 1 aliphatic rings. The van der Waals surface area contributed by atoms with Crippen molar-refractivity contribution in [3.05, 3.63) is 77.6 Å². The number of rotatable bonds is 3. The van der Waals surface area contributed by atoms with E-state index in [0.717, 1.165) is 11.3 Å². The zero-order valence-corrected chi connectivity index (χ0v) is 13.0. The topological polar surface area (TPSA) is 79.5 Å². The molecular formula is C20H13NO4. The van der Waals surface area contributed by atoms with E-state index in [9.17, 15) is 14.7 Å². The highest BCUT2D eigenvalue weighted by Gasteiger charge is 2.24. The molecule has 5 nitrogen and oxygen atoms in total. The molecule has 0 atom stereocenters. The summed E-state index contributed by atoms with van der Waals surface area (Å²) in [5.74, 6) is -0.283. The molecule has 1 aromatic heterocycles. The molecule has 25 heavy (non-hydrogen) atoms. The van der Waals surface area contributed by atoms with Gasteiger partial charge in [0.25, 0.3) is 5.91 Å². The summed E-state index contributed by atoms with van der Waals surface area (Å²) in [7, 11) is 0. The first kappa shape index (κ1) is 15.0. The lowest BCUT2D eigenvalue weighted by Gasteiger charge is -2.02. The van der Waals surface area contributed by atoms with Gasteiger partial charge in [-0.15, -0.1) is 0 Å². The smallest absolute Gasteiger partial charge is 0.336 e. The molecule has 1 aliphatic heterocycles. The molecule has 122 valence electrons. The van der Waals surface area contributed by atoms with E-state index in [2.05, 4.69) is 5.32 Å². The van der Waals surface area contributed by atoms with Gasteiger partial charge in [0.1, 0.15) is 11.5 Å². The Morgan fingerprint density at radius 1 is 0.960 bits per heavy atom. The Bertz CT molecular complexity index is 1030. The normalized spacial score (nSPS) is 14.4. The highest BCUT2D eigenvalue weighted by atomic mass is 16.4. The number of aromatic carboxylic acids is 1. The Labute approximate surface area is 143 Å². The Hall–Kier alpha value is -3.60. The molecule has 5 heteroatoms. The molecule has 0 unspecified atom stereocenters. The van der Waals surface area contributed by atoms with Gasteiger partial charge in [0.05, 0.1) is 11.1 Å². The van der Waals surface area contributed by atoms with Crippen molar-refractivity contribution in [1.29, 1.82) is 0 Å². The van der Waals surface area contributed by atoms with Gasteiger partial charge in [0.15, 0.2) is 0 Å². The van der Waals surface area contributed by atoms with E-state index in [4.69, 9.17) is 4.42 Å². The van der Waals surface area contributed by atoms with Crippen LogP contribution in [0.1, 0.15) is 21.7 Å². The number of para-hydroxylation sites is 1. The van der Waals surface area contributed by atoms with Gasteiger partial charge in [0, 0.05) is 16.8 Å². The first-order valence-electron chi connectivity index (χ1n) is 7.68. The first-order valence-corrected chi connectivity index (χ1v) is 7.68. The minimum Gasteiger partial charge on any atom is -0.478 e. The summed E-state index contributed by atoms with van der Waals surface area (Å²) in [5.41, 5.74) is 2.76. The molecule has 0 spiro atoms. The van der Waals surface area contributed by atoms with E-state index in [0.29, 0.717) is 22.7 Å². The predicted molar refractivity (Wildman–Crippen MR) is 94.0 cm³/mol. The van der Waals surface area contributed by atoms with Crippen LogP contribution in [0.2, 0.25) is 0 Å². The molecule has 2 N–H and O–H groups in total. The maximum atomic E-state index is 12.2. The van der Waals surface area contributed by atoms with Crippen LogP contribution in [0, 0.1) is 0 Å². The Morgan fingerprint density at radius 2 is 1.68 bits per heavy atom. The standard InChI is InChI=1S/C20H13NO4/c22-19-16(13-5-3-4-8-17(13)21-19)11-12-9-10-18(25-12)14-6-1-2-7-15(14)20(23)24/h1-11H,(H,21,22)(H,23,24)/b16-11+. The van der Waals surface area contributed by atoms with Crippen LogP contribution in [0.5, 0.6) is 0 Å². The van der Waals surface area contributed by atoms with Crippen LogP contribution in [0.15, 0.2) is 65.1 Å². The molecule has 4 rings (SSSR count). The zero-order valence-electron chi connectivity index (χ0n) is 13.0. The van der Waals surface area contributed by atoms with Crippen molar-refractivity contribution in [1.82, 2.24) is 0 Å². The zero-order chi connectivity index (χ0) is 17.4. The van der Waals surface area contributed by atoms with Gasteiger partial charge < -0.3 is 14.8 Å². The molecule has 2 aromatic carbocycles. The van der Waals surface area contributed by atoms with Crippen LogP contribution in [-0.2, 0) is 4.79 Å². The summed E-state index contributed by atoms with van der Waals surface area (Å²) in [6.45, 7) is 0. The van der Waals surface area contributed by atoms with Crippen LogP contribution in [0.4, 0.5) is 5.69 Å². The summed E-state index contributed by atoms with van der Waals surface area (Å²) in [5, 5.41) is 12.1. The van der Waals surface area contributed by atoms with Gasteiger partial charge in [-0.2, -0.15) is 0 Å². The maximum Gasteiger partial charge on any atom is 0.336 e. The lowest BCUT2D eigenvalue weighted by molar-refractivity contribution is -0.110. The molecule has 0 bridgehead atoms. The third-order valence-corrected chi connectivity index (χ3v) is 4.05. The number of carboxylic acids is 1. The minimum atomic E-state index is -1.02. The lowest BCUT2D eigenvalue weighted by atomic mass is 10.1. The highest BCUT2D eigenvalue weighted by molar-refractivity contribution is 6.34. The number of nitrogens with one attached hydrogen (secondary N) is 1. The van der Waals surface area contributed by atoms with Crippen molar-refractivity contribution >= 4 is 29.2 Å². The van der Waals surface area contributed by atoms with Gasteiger partial charge in [-0.05, 0) is 30.3 Å². The number of amides is 1. The largest absolute Gasteiger partial charge is 0.478 e. The van der Waals surface area contributed by atoms with Crippen LogP contribution >= 0.6 is 0 Å². The predicted octanol–water partition coefficient (Wildman–Crippen LogP) is 4.14. The number of hydrogen-bond donors (Lipinski definition) is 2. The van der Waals surface area contributed by atoms with E-state index in [1.807, 2.05) is 24.3 Å².